The molecule has 2 heterocycles. The number of rotatable bonds is 10. The van der Waals surface area contributed by atoms with Gasteiger partial charge in [0.25, 0.3) is 0 Å². The Hall–Kier alpha value is -1.63. The molecule has 3 N–H and O–H groups in total. The van der Waals surface area contributed by atoms with Gasteiger partial charge >= 0.3 is 0 Å². The lowest BCUT2D eigenvalue weighted by Crippen LogP contribution is -2.51. The molecule has 180 valence electrons. The molecule has 2 saturated heterocycles. The number of aliphatic hydroxyl groups excluding tert-OH is 1. The van der Waals surface area contributed by atoms with Crippen LogP contribution in [0.1, 0.15) is 25.7 Å². The van der Waals surface area contributed by atoms with Gasteiger partial charge in [-0.25, -0.2) is 17.5 Å². The van der Waals surface area contributed by atoms with Crippen LogP contribution in [0.4, 0.5) is 4.39 Å². The number of hydrogen-bond donors (Lipinski definition) is 3. The van der Waals surface area contributed by atoms with Gasteiger partial charge in [0, 0.05) is 19.6 Å². The molecule has 0 aliphatic carbocycles. The molecular weight excluding hydrogens is 441 g/mol. The number of nitrogens with one attached hydrogen (secondary N) is 2. The Labute approximate surface area is 188 Å². The van der Waals surface area contributed by atoms with Crippen molar-refractivity contribution in [2.45, 2.75) is 48.8 Å². The van der Waals surface area contributed by atoms with E-state index in [1.807, 2.05) is 0 Å². The summed E-state index contributed by atoms with van der Waals surface area (Å²) in [7, 11) is -4.11. The van der Waals surface area contributed by atoms with Crippen molar-refractivity contribution in [1.29, 1.82) is 0 Å². The summed E-state index contributed by atoms with van der Waals surface area (Å²) in [6.07, 6.45) is 0.567. The summed E-state index contributed by atoms with van der Waals surface area (Å²) in [5, 5.41) is 12.6. The van der Waals surface area contributed by atoms with Gasteiger partial charge in [0.15, 0.2) is 0 Å². The number of carbonyl (C=O) groups excluding carboxylic acids is 1. The van der Waals surface area contributed by atoms with E-state index in [-0.39, 0.29) is 12.3 Å². The third kappa shape index (κ3) is 7.19. The lowest BCUT2D eigenvalue weighted by molar-refractivity contribution is -0.130. The Balaban J connectivity index is 1.42. The maximum Gasteiger partial charge on any atom is 0.243 e. The van der Waals surface area contributed by atoms with E-state index in [0.29, 0.717) is 19.4 Å². The summed E-state index contributed by atoms with van der Waals surface area (Å²) < 4.78 is 52.5. The summed E-state index contributed by atoms with van der Waals surface area (Å²) in [4.78, 5) is 14.1. The van der Waals surface area contributed by atoms with E-state index in [9.17, 15) is 22.7 Å². The van der Waals surface area contributed by atoms with E-state index in [1.54, 1.807) is 0 Å². The minimum Gasteiger partial charge on any atom is -0.394 e. The summed E-state index contributed by atoms with van der Waals surface area (Å²) >= 11 is 0. The minimum absolute atomic E-state index is 0.140. The van der Waals surface area contributed by atoms with Gasteiger partial charge in [-0.05, 0) is 37.9 Å². The molecule has 3 atom stereocenters. The van der Waals surface area contributed by atoms with E-state index >= 15 is 0 Å². The fourth-order valence-electron chi connectivity index (χ4n) is 3.98. The lowest BCUT2D eigenvalue weighted by Gasteiger charge is -2.35. The Morgan fingerprint density at radius 2 is 1.97 bits per heavy atom. The first-order chi connectivity index (χ1) is 15.4. The molecule has 11 heteroatoms. The molecule has 1 aromatic rings. The molecule has 0 radical (unpaired) electrons. The number of hydrogen-bond acceptors (Lipinski definition) is 7. The Morgan fingerprint density at radius 3 is 2.69 bits per heavy atom. The Morgan fingerprint density at radius 1 is 1.22 bits per heavy atom. The predicted octanol–water partition coefficient (Wildman–Crippen LogP) is 0.241. The van der Waals surface area contributed by atoms with E-state index in [1.165, 1.54) is 18.2 Å². The molecule has 0 aromatic heterocycles. The van der Waals surface area contributed by atoms with Crippen LogP contribution in [0.3, 0.4) is 0 Å². The molecule has 1 aromatic carbocycles. The number of benzene rings is 1. The number of halogens is 1. The van der Waals surface area contributed by atoms with Crippen molar-refractivity contribution >= 4 is 15.9 Å². The molecule has 2 aliphatic rings. The van der Waals surface area contributed by atoms with Gasteiger partial charge in [-0.15, -0.1) is 0 Å². The van der Waals surface area contributed by atoms with E-state index in [0.717, 1.165) is 45.3 Å². The number of nitrogens with zero attached hydrogens (tertiary/aromatic N) is 1. The van der Waals surface area contributed by atoms with Gasteiger partial charge in [-0.2, -0.15) is 0 Å². The summed E-state index contributed by atoms with van der Waals surface area (Å²) in [6, 6.07) is 4.39. The second-order valence-corrected chi connectivity index (χ2v) is 9.76. The number of carbonyl (C=O) groups is 1. The van der Waals surface area contributed by atoms with Gasteiger partial charge in [-0.3, -0.25) is 9.69 Å². The monoisotopic (exact) mass is 473 g/mol. The second-order valence-electron chi connectivity index (χ2n) is 8.08. The highest BCUT2D eigenvalue weighted by Gasteiger charge is 2.35. The normalized spacial score (nSPS) is 24.9. The van der Waals surface area contributed by atoms with Crippen LogP contribution in [0.15, 0.2) is 29.2 Å². The smallest absolute Gasteiger partial charge is 0.243 e. The van der Waals surface area contributed by atoms with Gasteiger partial charge in [0.05, 0.1) is 44.5 Å². The molecule has 1 amide bonds. The standard InChI is InChI=1S/C21H32FN3O6S/c22-17-4-1-2-5-20(17)32(28,29)24-18-7-6-16(31-19(18)15-26)14-21(27)23-8-3-9-25-10-12-30-13-11-25/h1-2,4-5,16,18-19,24,26H,3,6-15H2,(H,23,27)/t16-,18-,19+/m0/s1. The van der Waals surface area contributed by atoms with E-state index < -0.39 is 45.6 Å². The SMILES string of the molecule is O=C(C[C@@H]1CC[C@H](NS(=O)(=O)c2ccccc2F)[C@@H](CO)O1)NCCCN1CCOCC1. The molecule has 3 rings (SSSR count). The molecule has 32 heavy (non-hydrogen) atoms. The number of sulfonamides is 1. The number of ether oxygens (including phenoxy) is 2. The molecule has 0 unspecified atom stereocenters. The van der Waals surface area contributed by atoms with Crippen molar-refractivity contribution in [3.05, 3.63) is 30.1 Å². The topological polar surface area (TPSA) is 117 Å². The summed E-state index contributed by atoms with van der Waals surface area (Å²) in [5.41, 5.74) is 0. The van der Waals surface area contributed by atoms with Crippen molar-refractivity contribution in [3.8, 4) is 0 Å². The van der Waals surface area contributed by atoms with Crippen LogP contribution in [-0.4, -0.2) is 88.6 Å². The zero-order valence-corrected chi connectivity index (χ0v) is 18.9. The van der Waals surface area contributed by atoms with Gasteiger partial charge < -0.3 is 19.9 Å². The van der Waals surface area contributed by atoms with Crippen molar-refractivity contribution in [2.75, 3.05) is 46.0 Å². The fourth-order valence-corrected chi connectivity index (χ4v) is 5.35. The first-order valence-corrected chi connectivity index (χ1v) is 12.5. The maximum atomic E-state index is 13.9. The van der Waals surface area contributed by atoms with Crippen molar-refractivity contribution in [3.63, 3.8) is 0 Å². The first kappa shape index (κ1) is 25.0. The Kier molecular flexibility index (Phi) is 9.38. The third-order valence-corrected chi connectivity index (χ3v) is 7.24. The van der Waals surface area contributed by atoms with Crippen LogP contribution in [-0.2, 0) is 24.3 Å². The van der Waals surface area contributed by atoms with E-state index in [2.05, 4.69) is 14.9 Å². The number of amides is 1. The summed E-state index contributed by atoms with van der Waals surface area (Å²) in [5.74, 6) is -0.987. The van der Waals surface area contributed by atoms with Gasteiger partial charge in [-0.1, -0.05) is 12.1 Å². The van der Waals surface area contributed by atoms with E-state index in [4.69, 9.17) is 9.47 Å². The Bertz CT molecular complexity index is 850. The highest BCUT2D eigenvalue weighted by molar-refractivity contribution is 7.89. The zero-order chi connectivity index (χ0) is 23.0. The minimum atomic E-state index is -4.11. The molecule has 2 fully saturated rings. The highest BCUT2D eigenvalue weighted by Crippen LogP contribution is 2.24. The maximum absolute atomic E-state index is 13.9. The van der Waals surface area contributed by atoms with Crippen LogP contribution in [0.25, 0.3) is 0 Å². The molecule has 0 saturated carbocycles. The zero-order valence-electron chi connectivity index (χ0n) is 18.0. The summed E-state index contributed by atoms with van der Waals surface area (Å²) in [6.45, 7) is 4.37. The molecule has 0 bridgehead atoms. The van der Waals surface area contributed by atoms with Gasteiger partial charge in [0.1, 0.15) is 10.7 Å². The average molecular weight is 474 g/mol. The quantitative estimate of drug-likeness (QED) is 0.417. The predicted molar refractivity (Wildman–Crippen MR) is 115 cm³/mol. The first-order valence-electron chi connectivity index (χ1n) is 11.0. The fraction of sp³-hybridized carbons (Fsp3) is 0.667. The second kappa shape index (κ2) is 12.0. The van der Waals surface area contributed by atoms with Crippen LogP contribution >= 0.6 is 0 Å². The van der Waals surface area contributed by atoms with Crippen molar-refractivity contribution in [1.82, 2.24) is 14.9 Å². The number of morpholine rings is 1. The molecule has 9 nitrogen and oxygen atoms in total. The molecule has 0 spiro atoms. The van der Waals surface area contributed by atoms with Crippen LogP contribution in [0, 0.1) is 5.82 Å². The van der Waals surface area contributed by atoms with Crippen LogP contribution < -0.4 is 10.0 Å². The van der Waals surface area contributed by atoms with Crippen molar-refractivity contribution in [2.24, 2.45) is 0 Å². The largest absolute Gasteiger partial charge is 0.394 e. The molecule has 2 aliphatic heterocycles. The number of aliphatic hydroxyl groups is 1. The highest BCUT2D eigenvalue weighted by atomic mass is 32.2. The third-order valence-electron chi connectivity index (χ3n) is 5.72. The van der Waals surface area contributed by atoms with Gasteiger partial charge in [0.2, 0.25) is 15.9 Å². The van der Waals surface area contributed by atoms with Crippen LogP contribution in [0.2, 0.25) is 0 Å². The lowest BCUT2D eigenvalue weighted by atomic mass is 9.98. The van der Waals surface area contributed by atoms with Crippen molar-refractivity contribution < 1.29 is 32.2 Å². The van der Waals surface area contributed by atoms with Crippen LogP contribution in [0.5, 0.6) is 0 Å². The average Bonchev–Trinajstić information content (AvgIpc) is 2.78. The molecular formula is C21H32FN3O6S.